The third kappa shape index (κ3) is 7.60. The largest absolute Gasteiger partial charge is 0.317 e. The van der Waals surface area contributed by atoms with Crippen LogP contribution >= 0.6 is 0 Å². The smallest absolute Gasteiger partial charge is 0.211 e. The standard InChI is InChI=1S/C15H32N2O2S/c1-4-5-6-9-15(2,3)13-17-20(18,19)12-14-7-10-16-11-8-14/h14,16-17H,4-13H2,1-3H3. The van der Waals surface area contributed by atoms with E-state index in [2.05, 4.69) is 30.8 Å². The summed E-state index contributed by atoms with van der Waals surface area (Å²) >= 11 is 0. The Balaban J connectivity index is 2.33. The molecule has 0 saturated carbocycles. The highest BCUT2D eigenvalue weighted by atomic mass is 32.2. The van der Waals surface area contributed by atoms with Gasteiger partial charge in [0.2, 0.25) is 10.0 Å². The zero-order valence-corrected chi connectivity index (χ0v) is 14.2. The van der Waals surface area contributed by atoms with Gasteiger partial charge in [-0.3, -0.25) is 0 Å². The molecule has 20 heavy (non-hydrogen) atoms. The van der Waals surface area contributed by atoms with Crippen LogP contribution in [0.4, 0.5) is 0 Å². The molecule has 0 spiro atoms. The first-order valence-corrected chi connectivity index (χ1v) is 9.68. The van der Waals surface area contributed by atoms with Gasteiger partial charge in [0.05, 0.1) is 5.75 Å². The fourth-order valence-corrected chi connectivity index (χ4v) is 4.35. The molecule has 0 radical (unpaired) electrons. The molecule has 4 nitrogen and oxygen atoms in total. The minimum atomic E-state index is -3.12. The van der Waals surface area contributed by atoms with Gasteiger partial charge < -0.3 is 5.32 Å². The maximum atomic E-state index is 12.1. The van der Waals surface area contributed by atoms with Crippen LogP contribution in [0.15, 0.2) is 0 Å². The van der Waals surface area contributed by atoms with E-state index in [0.29, 0.717) is 18.2 Å². The Morgan fingerprint density at radius 1 is 1.20 bits per heavy atom. The molecule has 1 aliphatic rings. The second-order valence-corrected chi connectivity index (χ2v) is 8.77. The van der Waals surface area contributed by atoms with Crippen molar-refractivity contribution in [1.82, 2.24) is 10.0 Å². The topological polar surface area (TPSA) is 58.2 Å². The third-order valence-corrected chi connectivity index (χ3v) is 5.64. The predicted octanol–water partition coefficient (Wildman–Crippen LogP) is 2.51. The lowest BCUT2D eigenvalue weighted by Crippen LogP contribution is -2.39. The number of hydrogen-bond acceptors (Lipinski definition) is 3. The van der Waals surface area contributed by atoms with E-state index >= 15 is 0 Å². The maximum absolute atomic E-state index is 12.1. The first-order chi connectivity index (χ1) is 9.35. The average Bonchev–Trinajstić information content (AvgIpc) is 2.38. The zero-order chi connectivity index (χ0) is 15.1. The van der Waals surface area contributed by atoms with Crippen LogP contribution in [0.25, 0.3) is 0 Å². The first-order valence-electron chi connectivity index (χ1n) is 8.03. The Hall–Kier alpha value is -0.130. The third-order valence-electron chi connectivity index (χ3n) is 4.14. The van der Waals surface area contributed by atoms with Gasteiger partial charge in [-0.15, -0.1) is 0 Å². The zero-order valence-electron chi connectivity index (χ0n) is 13.4. The van der Waals surface area contributed by atoms with E-state index < -0.39 is 10.0 Å². The summed E-state index contributed by atoms with van der Waals surface area (Å²) in [6.45, 7) is 8.94. The quantitative estimate of drug-likeness (QED) is 0.644. The molecule has 0 aromatic heterocycles. The van der Waals surface area contributed by atoms with Crippen molar-refractivity contribution in [2.75, 3.05) is 25.4 Å². The van der Waals surface area contributed by atoms with E-state index in [1.165, 1.54) is 19.3 Å². The number of sulfonamides is 1. The van der Waals surface area contributed by atoms with Crippen molar-refractivity contribution in [3.05, 3.63) is 0 Å². The fourth-order valence-electron chi connectivity index (χ4n) is 2.66. The van der Waals surface area contributed by atoms with Crippen LogP contribution in [0.3, 0.4) is 0 Å². The molecule has 1 heterocycles. The highest BCUT2D eigenvalue weighted by Crippen LogP contribution is 2.23. The Kier molecular flexibility index (Phi) is 7.48. The minimum Gasteiger partial charge on any atom is -0.317 e. The van der Waals surface area contributed by atoms with Crippen LogP contribution in [0.2, 0.25) is 0 Å². The van der Waals surface area contributed by atoms with E-state index in [4.69, 9.17) is 0 Å². The first kappa shape index (κ1) is 17.9. The number of piperidine rings is 1. The summed E-state index contributed by atoms with van der Waals surface area (Å²) in [6.07, 6.45) is 6.64. The molecule has 0 aromatic carbocycles. The minimum absolute atomic E-state index is 0.0519. The van der Waals surface area contributed by atoms with Crippen LogP contribution in [-0.4, -0.2) is 33.8 Å². The van der Waals surface area contributed by atoms with Gasteiger partial charge in [-0.1, -0.05) is 40.0 Å². The summed E-state index contributed by atoms with van der Waals surface area (Å²) in [5.41, 5.74) is 0.0519. The van der Waals surface area contributed by atoms with Gasteiger partial charge in [0.1, 0.15) is 0 Å². The van der Waals surface area contributed by atoms with Gasteiger partial charge in [0, 0.05) is 6.54 Å². The SMILES string of the molecule is CCCCCC(C)(C)CNS(=O)(=O)CC1CCNCC1. The predicted molar refractivity (Wildman–Crippen MR) is 85.3 cm³/mol. The summed E-state index contributed by atoms with van der Waals surface area (Å²) < 4.78 is 27.1. The normalized spacial score (nSPS) is 18.4. The van der Waals surface area contributed by atoms with Crippen LogP contribution < -0.4 is 10.0 Å². The molecular formula is C15H32N2O2S. The molecule has 0 aliphatic carbocycles. The van der Waals surface area contributed by atoms with E-state index in [0.717, 1.165) is 32.4 Å². The highest BCUT2D eigenvalue weighted by Gasteiger charge is 2.24. The maximum Gasteiger partial charge on any atom is 0.211 e. The molecule has 0 aromatic rings. The van der Waals surface area contributed by atoms with Crippen molar-refractivity contribution in [3.8, 4) is 0 Å². The van der Waals surface area contributed by atoms with E-state index in [9.17, 15) is 8.42 Å². The number of nitrogens with one attached hydrogen (secondary N) is 2. The van der Waals surface area contributed by atoms with Crippen LogP contribution in [0, 0.1) is 11.3 Å². The van der Waals surface area contributed by atoms with Gasteiger partial charge in [-0.05, 0) is 43.7 Å². The van der Waals surface area contributed by atoms with Crippen molar-refractivity contribution in [3.63, 3.8) is 0 Å². The molecule has 1 fully saturated rings. The molecule has 1 rings (SSSR count). The van der Waals surface area contributed by atoms with Crippen molar-refractivity contribution < 1.29 is 8.42 Å². The molecule has 0 atom stereocenters. The van der Waals surface area contributed by atoms with Gasteiger partial charge in [-0.2, -0.15) is 0 Å². The summed E-state index contributed by atoms with van der Waals surface area (Å²) in [7, 11) is -3.12. The number of hydrogen-bond donors (Lipinski definition) is 2. The molecule has 120 valence electrons. The second kappa shape index (κ2) is 8.35. The Morgan fingerprint density at radius 3 is 2.45 bits per heavy atom. The van der Waals surface area contributed by atoms with Gasteiger partial charge in [-0.25, -0.2) is 13.1 Å². The van der Waals surface area contributed by atoms with Gasteiger partial charge >= 0.3 is 0 Å². The molecule has 0 bridgehead atoms. The molecule has 0 unspecified atom stereocenters. The Bertz CT molecular complexity index is 360. The summed E-state index contributed by atoms with van der Waals surface area (Å²) in [6, 6.07) is 0. The summed E-state index contributed by atoms with van der Waals surface area (Å²) in [5.74, 6) is 0.608. The molecule has 0 amide bonds. The van der Waals surface area contributed by atoms with Crippen molar-refractivity contribution >= 4 is 10.0 Å². The highest BCUT2D eigenvalue weighted by molar-refractivity contribution is 7.89. The second-order valence-electron chi connectivity index (χ2n) is 6.92. The molecule has 1 saturated heterocycles. The van der Waals surface area contributed by atoms with E-state index in [1.54, 1.807) is 0 Å². The van der Waals surface area contributed by atoms with Crippen molar-refractivity contribution in [2.24, 2.45) is 11.3 Å². The van der Waals surface area contributed by atoms with Gasteiger partial charge in [0.15, 0.2) is 0 Å². The van der Waals surface area contributed by atoms with Crippen molar-refractivity contribution in [2.45, 2.75) is 59.3 Å². The molecular weight excluding hydrogens is 272 g/mol. The lowest BCUT2D eigenvalue weighted by Gasteiger charge is -2.26. The number of rotatable bonds is 9. The molecule has 2 N–H and O–H groups in total. The Labute approximate surface area is 125 Å². The summed E-state index contributed by atoms with van der Waals surface area (Å²) in [4.78, 5) is 0. The van der Waals surface area contributed by atoms with Gasteiger partial charge in [0.25, 0.3) is 0 Å². The monoisotopic (exact) mass is 304 g/mol. The lowest BCUT2D eigenvalue weighted by molar-refractivity contribution is 0.319. The van der Waals surface area contributed by atoms with E-state index in [1.807, 2.05) is 0 Å². The number of unbranched alkanes of at least 4 members (excludes halogenated alkanes) is 2. The fraction of sp³-hybridized carbons (Fsp3) is 1.00. The summed E-state index contributed by atoms with van der Waals surface area (Å²) in [5, 5.41) is 3.27. The van der Waals surface area contributed by atoms with Crippen LogP contribution in [-0.2, 0) is 10.0 Å². The van der Waals surface area contributed by atoms with E-state index in [-0.39, 0.29) is 5.41 Å². The lowest BCUT2D eigenvalue weighted by atomic mass is 9.87. The average molecular weight is 305 g/mol. The molecule has 1 aliphatic heterocycles. The van der Waals surface area contributed by atoms with Crippen LogP contribution in [0.1, 0.15) is 59.3 Å². The molecule has 5 heteroatoms. The van der Waals surface area contributed by atoms with Crippen LogP contribution in [0.5, 0.6) is 0 Å². The Morgan fingerprint density at radius 2 is 1.85 bits per heavy atom. The van der Waals surface area contributed by atoms with Crippen molar-refractivity contribution in [1.29, 1.82) is 0 Å².